The van der Waals surface area contributed by atoms with Gasteiger partial charge >= 0.3 is 0 Å². The average Bonchev–Trinajstić information content (AvgIpc) is 2.33. The first-order valence-corrected chi connectivity index (χ1v) is 7.86. The summed E-state index contributed by atoms with van der Waals surface area (Å²) in [6.07, 6.45) is 2.60. The number of rotatable bonds is 5. The van der Waals surface area contributed by atoms with Crippen LogP contribution in [0.5, 0.6) is 0 Å². The molecule has 18 heavy (non-hydrogen) atoms. The first-order valence-electron chi connectivity index (χ1n) is 7.86. The van der Waals surface area contributed by atoms with Gasteiger partial charge in [-0.15, -0.1) is 0 Å². The van der Waals surface area contributed by atoms with Crippen LogP contribution in [0.25, 0.3) is 0 Å². The van der Waals surface area contributed by atoms with Gasteiger partial charge in [0.1, 0.15) is 0 Å². The van der Waals surface area contributed by atoms with E-state index in [2.05, 4.69) is 58.7 Å². The molecule has 0 radical (unpaired) electrons. The summed E-state index contributed by atoms with van der Waals surface area (Å²) in [5.41, 5.74) is 0.276. The highest BCUT2D eigenvalue weighted by Crippen LogP contribution is 2.35. The third-order valence-electron chi connectivity index (χ3n) is 5.41. The summed E-state index contributed by atoms with van der Waals surface area (Å²) >= 11 is 0. The maximum absolute atomic E-state index is 3.64. The Morgan fingerprint density at radius 2 is 1.89 bits per heavy atom. The van der Waals surface area contributed by atoms with Crippen molar-refractivity contribution in [1.29, 1.82) is 0 Å². The molecule has 5 unspecified atom stereocenters. The molecule has 0 aliphatic carbocycles. The minimum absolute atomic E-state index is 0.276. The third kappa shape index (κ3) is 3.08. The second kappa shape index (κ2) is 6.38. The van der Waals surface area contributed by atoms with E-state index >= 15 is 0 Å². The van der Waals surface area contributed by atoms with Crippen LogP contribution >= 0.6 is 0 Å². The molecule has 0 aromatic rings. The number of nitrogens with zero attached hydrogens (tertiary/aromatic N) is 1. The van der Waals surface area contributed by atoms with Gasteiger partial charge in [-0.2, -0.15) is 0 Å². The fourth-order valence-corrected chi connectivity index (χ4v) is 3.67. The van der Waals surface area contributed by atoms with Crippen LogP contribution in [0.3, 0.4) is 0 Å². The van der Waals surface area contributed by atoms with Gasteiger partial charge in [-0.3, -0.25) is 4.90 Å². The van der Waals surface area contributed by atoms with E-state index < -0.39 is 0 Å². The fourth-order valence-electron chi connectivity index (χ4n) is 3.67. The Hall–Kier alpha value is -0.0800. The summed E-state index contributed by atoms with van der Waals surface area (Å²) in [6.45, 7) is 18.9. The zero-order valence-electron chi connectivity index (χ0n) is 13.6. The van der Waals surface area contributed by atoms with Crippen molar-refractivity contribution < 1.29 is 0 Å². The normalized spacial score (nSPS) is 35.2. The van der Waals surface area contributed by atoms with Gasteiger partial charge in [0.25, 0.3) is 0 Å². The molecule has 1 fully saturated rings. The van der Waals surface area contributed by atoms with Crippen LogP contribution in [0.1, 0.15) is 61.3 Å². The Labute approximate surface area is 115 Å². The standard InChI is InChI=1S/C16H34N2/c1-8-16(7,15(6)17-9-2)18-11-12(3)10-13(4)14(18)5/h12-15,17H,8-11H2,1-7H3. The maximum atomic E-state index is 3.64. The SMILES string of the molecule is CCNC(C)C(C)(CC)N1CC(C)CC(C)C1C. The van der Waals surface area contributed by atoms with Crippen molar-refractivity contribution in [3.63, 3.8) is 0 Å². The topological polar surface area (TPSA) is 15.3 Å². The van der Waals surface area contributed by atoms with Crippen molar-refractivity contribution >= 4 is 0 Å². The van der Waals surface area contributed by atoms with E-state index in [1.807, 2.05) is 0 Å². The van der Waals surface area contributed by atoms with E-state index in [0.717, 1.165) is 18.4 Å². The molecule has 5 atom stereocenters. The van der Waals surface area contributed by atoms with Crippen molar-refractivity contribution in [1.82, 2.24) is 10.2 Å². The lowest BCUT2D eigenvalue weighted by atomic mass is 9.79. The number of nitrogens with one attached hydrogen (secondary N) is 1. The number of likely N-dealkylation sites (N-methyl/N-ethyl adjacent to an activating group) is 1. The quantitative estimate of drug-likeness (QED) is 0.807. The molecule has 0 spiro atoms. The first-order chi connectivity index (χ1) is 8.36. The highest BCUT2D eigenvalue weighted by atomic mass is 15.3. The molecule has 1 aliphatic heterocycles. The van der Waals surface area contributed by atoms with Crippen molar-refractivity contribution in [2.45, 2.75) is 78.9 Å². The molecule has 1 aliphatic rings. The Morgan fingerprint density at radius 1 is 1.28 bits per heavy atom. The van der Waals surface area contributed by atoms with Crippen molar-refractivity contribution in [3.8, 4) is 0 Å². The van der Waals surface area contributed by atoms with Gasteiger partial charge in [0, 0.05) is 24.2 Å². The molecule has 1 saturated heterocycles. The van der Waals surface area contributed by atoms with Gasteiger partial charge < -0.3 is 5.32 Å². The van der Waals surface area contributed by atoms with Gasteiger partial charge in [0.15, 0.2) is 0 Å². The summed E-state index contributed by atoms with van der Waals surface area (Å²) in [5, 5.41) is 3.64. The summed E-state index contributed by atoms with van der Waals surface area (Å²) in [7, 11) is 0. The van der Waals surface area contributed by atoms with Crippen molar-refractivity contribution in [3.05, 3.63) is 0 Å². The largest absolute Gasteiger partial charge is 0.313 e. The first kappa shape index (κ1) is 16.0. The van der Waals surface area contributed by atoms with Crippen LogP contribution in [-0.4, -0.2) is 35.6 Å². The number of hydrogen-bond donors (Lipinski definition) is 1. The van der Waals surface area contributed by atoms with Gasteiger partial charge in [-0.25, -0.2) is 0 Å². The lowest BCUT2D eigenvalue weighted by Gasteiger charge is -2.53. The van der Waals surface area contributed by atoms with E-state index in [-0.39, 0.29) is 5.54 Å². The fraction of sp³-hybridized carbons (Fsp3) is 1.00. The molecule has 0 bridgehead atoms. The Kier molecular flexibility index (Phi) is 5.67. The molecule has 0 aromatic heterocycles. The van der Waals surface area contributed by atoms with Gasteiger partial charge in [0.05, 0.1) is 0 Å². The molecule has 1 heterocycles. The Balaban J connectivity index is 2.91. The average molecular weight is 254 g/mol. The summed E-state index contributed by atoms with van der Waals surface area (Å²) in [5.74, 6) is 1.64. The molecular formula is C16H34N2. The van der Waals surface area contributed by atoms with Crippen LogP contribution in [0.2, 0.25) is 0 Å². The summed E-state index contributed by atoms with van der Waals surface area (Å²) in [4.78, 5) is 2.78. The molecule has 2 heteroatoms. The summed E-state index contributed by atoms with van der Waals surface area (Å²) < 4.78 is 0. The van der Waals surface area contributed by atoms with Crippen LogP contribution in [0.4, 0.5) is 0 Å². The molecule has 1 N–H and O–H groups in total. The number of piperidine rings is 1. The van der Waals surface area contributed by atoms with Gasteiger partial charge in [0.2, 0.25) is 0 Å². The van der Waals surface area contributed by atoms with Crippen LogP contribution in [-0.2, 0) is 0 Å². The maximum Gasteiger partial charge on any atom is 0.0332 e. The Bertz CT molecular complexity index is 253. The van der Waals surface area contributed by atoms with Crippen LogP contribution in [0.15, 0.2) is 0 Å². The second-order valence-electron chi connectivity index (χ2n) is 6.70. The Morgan fingerprint density at radius 3 is 2.39 bits per heavy atom. The van der Waals surface area contributed by atoms with E-state index in [1.165, 1.54) is 19.4 Å². The van der Waals surface area contributed by atoms with Crippen LogP contribution in [0, 0.1) is 11.8 Å². The zero-order valence-corrected chi connectivity index (χ0v) is 13.6. The zero-order chi connectivity index (χ0) is 13.9. The number of hydrogen-bond acceptors (Lipinski definition) is 2. The lowest BCUT2D eigenvalue weighted by molar-refractivity contribution is -0.0296. The second-order valence-corrected chi connectivity index (χ2v) is 6.70. The monoisotopic (exact) mass is 254 g/mol. The molecule has 0 aromatic carbocycles. The minimum Gasteiger partial charge on any atom is -0.313 e. The van der Waals surface area contributed by atoms with Crippen LogP contribution < -0.4 is 5.32 Å². The van der Waals surface area contributed by atoms with Gasteiger partial charge in [-0.1, -0.05) is 27.7 Å². The number of likely N-dealkylation sites (tertiary alicyclic amines) is 1. The lowest BCUT2D eigenvalue weighted by Crippen LogP contribution is -2.64. The molecule has 108 valence electrons. The summed E-state index contributed by atoms with van der Waals surface area (Å²) in [6, 6.07) is 1.25. The molecule has 0 saturated carbocycles. The minimum atomic E-state index is 0.276. The van der Waals surface area contributed by atoms with E-state index in [0.29, 0.717) is 12.1 Å². The molecular weight excluding hydrogens is 220 g/mol. The van der Waals surface area contributed by atoms with E-state index in [1.54, 1.807) is 0 Å². The van der Waals surface area contributed by atoms with E-state index in [9.17, 15) is 0 Å². The van der Waals surface area contributed by atoms with Crippen molar-refractivity contribution in [2.24, 2.45) is 11.8 Å². The molecule has 1 rings (SSSR count). The predicted molar refractivity (Wildman–Crippen MR) is 80.9 cm³/mol. The highest BCUT2D eigenvalue weighted by Gasteiger charge is 2.42. The highest BCUT2D eigenvalue weighted by molar-refractivity contribution is 4.99. The van der Waals surface area contributed by atoms with E-state index in [4.69, 9.17) is 0 Å². The van der Waals surface area contributed by atoms with Crippen molar-refractivity contribution in [2.75, 3.05) is 13.1 Å². The molecule has 2 nitrogen and oxygen atoms in total. The molecule has 0 amide bonds. The predicted octanol–water partition coefficient (Wildman–Crippen LogP) is 3.52. The third-order valence-corrected chi connectivity index (χ3v) is 5.41. The smallest absolute Gasteiger partial charge is 0.0332 e. The van der Waals surface area contributed by atoms with Gasteiger partial charge in [-0.05, 0) is 52.0 Å².